The molecule has 96 valence electrons. The molecule has 1 atom stereocenters. The standard InChI is InChI=1S/C15H24O2/c16-15(13-8-3-9-17-10-13)14(11-4-1-5-11)12-6-2-7-12/h10-12,14-16H,1-9H2. The Morgan fingerprint density at radius 3 is 2.12 bits per heavy atom. The molecule has 2 aliphatic carbocycles. The molecule has 2 fully saturated rings. The quantitative estimate of drug-likeness (QED) is 0.812. The van der Waals surface area contributed by atoms with E-state index in [1.807, 2.05) is 6.26 Å². The summed E-state index contributed by atoms with van der Waals surface area (Å²) in [5.41, 5.74) is 1.17. The maximum atomic E-state index is 10.7. The Hall–Kier alpha value is -0.500. The van der Waals surface area contributed by atoms with Gasteiger partial charge in [0.25, 0.3) is 0 Å². The van der Waals surface area contributed by atoms with Gasteiger partial charge in [-0.2, -0.15) is 0 Å². The van der Waals surface area contributed by atoms with Gasteiger partial charge in [0.1, 0.15) is 0 Å². The Morgan fingerprint density at radius 1 is 1.06 bits per heavy atom. The molecule has 2 heteroatoms. The van der Waals surface area contributed by atoms with Crippen molar-refractivity contribution in [2.75, 3.05) is 6.61 Å². The van der Waals surface area contributed by atoms with Crippen LogP contribution in [-0.2, 0) is 4.74 Å². The van der Waals surface area contributed by atoms with Crippen LogP contribution in [0.25, 0.3) is 0 Å². The van der Waals surface area contributed by atoms with Crippen molar-refractivity contribution in [1.29, 1.82) is 0 Å². The average molecular weight is 236 g/mol. The van der Waals surface area contributed by atoms with E-state index in [0.29, 0.717) is 5.92 Å². The third kappa shape index (κ3) is 2.24. The van der Waals surface area contributed by atoms with Crippen molar-refractivity contribution in [3.8, 4) is 0 Å². The van der Waals surface area contributed by atoms with Gasteiger partial charge in [0.15, 0.2) is 0 Å². The zero-order chi connectivity index (χ0) is 11.7. The largest absolute Gasteiger partial charge is 0.501 e. The summed E-state index contributed by atoms with van der Waals surface area (Å²) in [5.74, 6) is 2.11. The fourth-order valence-electron chi connectivity index (χ4n) is 3.60. The summed E-state index contributed by atoms with van der Waals surface area (Å²) in [6, 6.07) is 0. The predicted octanol–water partition coefficient (Wildman–Crippen LogP) is 3.26. The van der Waals surface area contributed by atoms with E-state index in [1.54, 1.807) is 0 Å². The van der Waals surface area contributed by atoms with Crippen LogP contribution in [0.1, 0.15) is 51.4 Å². The molecule has 17 heavy (non-hydrogen) atoms. The molecule has 0 bridgehead atoms. The lowest BCUT2D eigenvalue weighted by molar-refractivity contribution is -0.00446. The van der Waals surface area contributed by atoms with E-state index in [-0.39, 0.29) is 6.10 Å². The van der Waals surface area contributed by atoms with Gasteiger partial charge in [0.05, 0.1) is 19.0 Å². The summed E-state index contributed by atoms with van der Waals surface area (Å²) < 4.78 is 5.39. The topological polar surface area (TPSA) is 29.5 Å². The molecule has 0 spiro atoms. The number of rotatable bonds is 4. The fraction of sp³-hybridized carbons (Fsp3) is 0.867. The van der Waals surface area contributed by atoms with Crippen LogP contribution in [0.4, 0.5) is 0 Å². The molecule has 1 heterocycles. The molecule has 0 radical (unpaired) electrons. The molecule has 2 nitrogen and oxygen atoms in total. The Kier molecular flexibility index (Phi) is 3.41. The number of aliphatic hydroxyl groups excluding tert-OH is 1. The first-order valence-electron chi connectivity index (χ1n) is 7.35. The third-order valence-corrected chi connectivity index (χ3v) is 5.10. The molecular weight excluding hydrogens is 212 g/mol. The molecule has 0 aromatic heterocycles. The number of ether oxygens (including phenoxy) is 1. The summed E-state index contributed by atoms with van der Waals surface area (Å²) in [4.78, 5) is 0. The summed E-state index contributed by atoms with van der Waals surface area (Å²) in [7, 11) is 0. The molecule has 1 N–H and O–H groups in total. The predicted molar refractivity (Wildman–Crippen MR) is 67.4 cm³/mol. The van der Waals surface area contributed by atoms with Crippen LogP contribution in [0.5, 0.6) is 0 Å². The molecule has 2 saturated carbocycles. The van der Waals surface area contributed by atoms with Crippen molar-refractivity contribution in [3.63, 3.8) is 0 Å². The van der Waals surface area contributed by atoms with E-state index in [0.717, 1.165) is 31.3 Å². The van der Waals surface area contributed by atoms with E-state index < -0.39 is 0 Å². The van der Waals surface area contributed by atoms with Gasteiger partial charge in [-0.25, -0.2) is 0 Å². The van der Waals surface area contributed by atoms with Crippen molar-refractivity contribution in [2.24, 2.45) is 17.8 Å². The maximum absolute atomic E-state index is 10.7. The minimum absolute atomic E-state index is 0.217. The second-order valence-corrected chi connectivity index (χ2v) is 6.07. The Bertz CT molecular complexity index is 275. The molecular formula is C15H24O2. The zero-order valence-corrected chi connectivity index (χ0v) is 10.6. The molecule has 1 unspecified atom stereocenters. The SMILES string of the molecule is OC(C1=COCCC1)C(C1CCC1)C1CCC1. The Labute approximate surface area is 104 Å². The van der Waals surface area contributed by atoms with E-state index in [9.17, 15) is 5.11 Å². The highest BCUT2D eigenvalue weighted by atomic mass is 16.5. The van der Waals surface area contributed by atoms with Gasteiger partial charge < -0.3 is 9.84 Å². The Morgan fingerprint density at radius 2 is 1.71 bits per heavy atom. The van der Waals surface area contributed by atoms with Gasteiger partial charge in [-0.15, -0.1) is 0 Å². The molecule has 3 aliphatic rings. The summed E-state index contributed by atoms with van der Waals surface area (Å²) >= 11 is 0. The Balaban J connectivity index is 1.70. The van der Waals surface area contributed by atoms with Gasteiger partial charge in [-0.3, -0.25) is 0 Å². The monoisotopic (exact) mass is 236 g/mol. The van der Waals surface area contributed by atoms with E-state index in [4.69, 9.17) is 4.74 Å². The average Bonchev–Trinajstić information content (AvgIpc) is 2.24. The van der Waals surface area contributed by atoms with Crippen LogP contribution in [0.15, 0.2) is 11.8 Å². The smallest absolute Gasteiger partial charge is 0.0876 e. The van der Waals surface area contributed by atoms with Crippen LogP contribution >= 0.6 is 0 Å². The first kappa shape index (κ1) is 11.6. The number of aliphatic hydroxyl groups is 1. The second kappa shape index (κ2) is 5.01. The molecule has 1 aliphatic heterocycles. The highest BCUT2D eigenvalue weighted by molar-refractivity contribution is 5.11. The maximum Gasteiger partial charge on any atom is 0.0876 e. The highest BCUT2D eigenvalue weighted by Gasteiger charge is 2.41. The van der Waals surface area contributed by atoms with Crippen LogP contribution in [-0.4, -0.2) is 17.8 Å². The first-order chi connectivity index (χ1) is 8.36. The normalized spacial score (nSPS) is 28.0. The van der Waals surface area contributed by atoms with Gasteiger partial charge in [-0.1, -0.05) is 38.5 Å². The summed E-state index contributed by atoms with van der Waals surface area (Å²) in [6.45, 7) is 0.827. The minimum Gasteiger partial charge on any atom is -0.501 e. The second-order valence-electron chi connectivity index (χ2n) is 6.07. The van der Waals surface area contributed by atoms with Gasteiger partial charge >= 0.3 is 0 Å². The number of hydrogen-bond acceptors (Lipinski definition) is 2. The van der Waals surface area contributed by atoms with Crippen LogP contribution in [0, 0.1) is 17.8 Å². The molecule has 3 rings (SSSR count). The minimum atomic E-state index is -0.217. The van der Waals surface area contributed by atoms with Gasteiger partial charge in [0, 0.05) is 0 Å². The number of hydrogen-bond donors (Lipinski definition) is 1. The van der Waals surface area contributed by atoms with Crippen molar-refractivity contribution < 1.29 is 9.84 Å². The summed E-state index contributed by atoms with van der Waals surface area (Å²) in [5, 5.41) is 10.7. The van der Waals surface area contributed by atoms with E-state index in [2.05, 4.69) is 0 Å². The van der Waals surface area contributed by atoms with E-state index >= 15 is 0 Å². The molecule has 0 aromatic rings. The lowest BCUT2D eigenvalue weighted by Crippen LogP contribution is -2.41. The van der Waals surface area contributed by atoms with Gasteiger partial charge in [-0.05, 0) is 36.2 Å². The fourth-order valence-corrected chi connectivity index (χ4v) is 3.60. The van der Waals surface area contributed by atoms with Crippen molar-refractivity contribution in [1.82, 2.24) is 0 Å². The lowest BCUT2D eigenvalue weighted by Gasteiger charge is -2.45. The van der Waals surface area contributed by atoms with Crippen LogP contribution in [0.3, 0.4) is 0 Å². The first-order valence-corrected chi connectivity index (χ1v) is 7.35. The van der Waals surface area contributed by atoms with E-state index in [1.165, 1.54) is 44.1 Å². The van der Waals surface area contributed by atoms with Crippen molar-refractivity contribution in [3.05, 3.63) is 11.8 Å². The summed E-state index contributed by atoms with van der Waals surface area (Å²) in [6.07, 6.45) is 11.8. The molecule has 0 aromatic carbocycles. The van der Waals surface area contributed by atoms with Gasteiger partial charge in [0.2, 0.25) is 0 Å². The zero-order valence-electron chi connectivity index (χ0n) is 10.6. The lowest BCUT2D eigenvalue weighted by atomic mass is 9.61. The van der Waals surface area contributed by atoms with Crippen LogP contribution < -0.4 is 0 Å². The molecule has 0 saturated heterocycles. The highest BCUT2D eigenvalue weighted by Crippen LogP contribution is 2.47. The third-order valence-electron chi connectivity index (χ3n) is 5.10. The molecule has 0 amide bonds. The van der Waals surface area contributed by atoms with Crippen LogP contribution in [0.2, 0.25) is 0 Å². The van der Waals surface area contributed by atoms with Crippen molar-refractivity contribution in [2.45, 2.75) is 57.5 Å². The van der Waals surface area contributed by atoms with Crippen molar-refractivity contribution >= 4 is 0 Å².